The molecule has 0 N–H and O–H groups in total. The number of hydrogen-bond donors (Lipinski definition) is 0. The second kappa shape index (κ2) is 5.60. The molecule has 0 atom stereocenters. The minimum atomic E-state index is 0.0954. The van der Waals surface area contributed by atoms with E-state index in [1.165, 1.54) is 11.1 Å². The SMILES string of the molecule is CC(C)(C)c1ccc(OC/C=C/Cl)c(Cl)c1. The molecule has 0 spiro atoms. The Kier molecular flexibility index (Phi) is 4.69. The summed E-state index contributed by atoms with van der Waals surface area (Å²) in [7, 11) is 0. The van der Waals surface area contributed by atoms with Gasteiger partial charge in [-0.25, -0.2) is 0 Å². The molecule has 0 amide bonds. The van der Waals surface area contributed by atoms with Gasteiger partial charge < -0.3 is 4.74 Å². The quantitative estimate of drug-likeness (QED) is 0.759. The Morgan fingerprint density at radius 3 is 2.50 bits per heavy atom. The highest BCUT2D eigenvalue weighted by Crippen LogP contribution is 2.31. The van der Waals surface area contributed by atoms with Crippen LogP contribution >= 0.6 is 23.2 Å². The fraction of sp³-hybridized carbons (Fsp3) is 0.385. The van der Waals surface area contributed by atoms with Crippen molar-refractivity contribution >= 4 is 23.2 Å². The number of halogens is 2. The summed E-state index contributed by atoms with van der Waals surface area (Å²) in [6, 6.07) is 5.87. The average Bonchev–Trinajstić information content (AvgIpc) is 2.19. The van der Waals surface area contributed by atoms with Gasteiger partial charge in [-0.1, -0.05) is 50.0 Å². The Hall–Kier alpha value is -0.660. The molecule has 88 valence electrons. The molecule has 0 fully saturated rings. The molecule has 1 aromatic carbocycles. The van der Waals surface area contributed by atoms with Gasteiger partial charge in [0.1, 0.15) is 12.4 Å². The van der Waals surface area contributed by atoms with Gasteiger partial charge in [-0.15, -0.1) is 0 Å². The molecule has 1 rings (SSSR count). The Balaban J connectivity index is 2.83. The van der Waals surface area contributed by atoms with Crippen LogP contribution in [0.5, 0.6) is 5.75 Å². The third-order valence-corrected chi connectivity index (χ3v) is 2.70. The van der Waals surface area contributed by atoms with E-state index in [0.29, 0.717) is 17.4 Å². The second-order valence-electron chi connectivity index (χ2n) is 4.57. The molecule has 0 heterocycles. The molecule has 0 bridgehead atoms. The predicted molar refractivity (Wildman–Crippen MR) is 70.6 cm³/mol. The van der Waals surface area contributed by atoms with Crippen LogP contribution in [0.4, 0.5) is 0 Å². The molecule has 1 nitrogen and oxygen atoms in total. The van der Waals surface area contributed by atoms with E-state index in [2.05, 4.69) is 20.8 Å². The van der Waals surface area contributed by atoms with Crippen molar-refractivity contribution in [2.24, 2.45) is 0 Å². The summed E-state index contributed by atoms with van der Waals surface area (Å²) in [4.78, 5) is 0. The van der Waals surface area contributed by atoms with Crippen molar-refractivity contribution in [3.05, 3.63) is 40.4 Å². The van der Waals surface area contributed by atoms with Gasteiger partial charge in [-0.05, 0) is 29.2 Å². The highest BCUT2D eigenvalue weighted by molar-refractivity contribution is 6.32. The monoisotopic (exact) mass is 258 g/mol. The summed E-state index contributed by atoms with van der Waals surface area (Å²) in [6.07, 6.45) is 1.72. The van der Waals surface area contributed by atoms with Crippen LogP contribution in [0.3, 0.4) is 0 Å². The number of rotatable bonds is 3. The maximum Gasteiger partial charge on any atom is 0.138 e. The predicted octanol–water partition coefficient (Wildman–Crippen LogP) is 4.77. The second-order valence-corrected chi connectivity index (χ2v) is 5.23. The first kappa shape index (κ1) is 13.4. The van der Waals surface area contributed by atoms with Gasteiger partial charge in [-0.3, -0.25) is 0 Å². The van der Waals surface area contributed by atoms with Gasteiger partial charge in [-0.2, -0.15) is 0 Å². The van der Waals surface area contributed by atoms with E-state index in [4.69, 9.17) is 27.9 Å². The molecule has 0 saturated carbocycles. The largest absolute Gasteiger partial charge is 0.488 e. The minimum absolute atomic E-state index is 0.0954. The Labute approximate surface area is 107 Å². The fourth-order valence-electron chi connectivity index (χ4n) is 1.26. The van der Waals surface area contributed by atoms with Gasteiger partial charge in [0.15, 0.2) is 0 Å². The zero-order valence-electron chi connectivity index (χ0n) is 9.76. The maximum absolute atomic E-state index is 6.13. The van der Waals surface area contributed by atoms with Crippen LogP contribution in [-0.4, -0.2) is 6.61 Å². The van der Waals surface area contributed by atoms with Crippen LogP contribution in [-0.2, 0) is 5.41 Å². The van der Waals surface area contributed by atoms with Gasteiger partial charge in [0.2, 0.25) is 0 Å². The van der Waals surface area contributed by atoms with Crippen molar-refractivity contribution in [3.63, 3.8) is 0 Å². The molecule has 0 radical (unpaired) electrons. The van der Waals surface area contributed by atoms with E-state index in [-0.39, 0.29) is 5.41 Å². The molecule has 0 unspecified atom stereocenters. The van der Waals surface area contributed by atoms with E-state index < -0.39 is 0 Å². The topological polar surface area (TPSA) is 9.23 Å². The van der Waals surface area contributed by atoms with Crippen LogP contribution in [0, 0.1) is 0 Å². The molecular weight excluding hydrogens is 243 g/mol. The molecule has 0 aliphatic heterocycles. The molecule has 16 heavy (non-hydrogen) atoms. The highest BCUT2D eigenvalue weighted by Gasteiger charge is 2.15. The third kappa shape index (κ3) is 3.73. The maximum atomic E-state index is 6.13. The average molecular weight is 259 g/mol. The van der Waals surface area contributed by atoms with Crippen molar-refractivity contribution in [1.82, 2.24) is 0 Å². The summed E-state index contributed by atoms with van der Waals surface area (Å²) in [5.74, 6) is 0.685. The molecule has 3 heteroatoms. The van der Waals surface area contributed by atoms with Crippen molar-refractivity contribution in [2.45, 2.75) is 26.2 Å². The number of hydrogen-bond acceptors (Lipinski definition) is 1. The lowest BCUT2D eigenvalue weighted by Gasteiger charge is -2.19. The van der Waals surface area contributed by atoms with E-state index in [9.17, 15) is 0 Å². The first-order valence-electron chi connectivity index (χ1n) is 5.13. The summed E-state index contributed by atoms with van der Waals surface area (Å²) >= 11 is 11.5. The van der Waals surface area contributed by atoms with Crippen LogP contribution < -0.4 is 4.74 Å². The minimum Gasteiger partial charge on any atom is -0.488 e. The lowest BCUT2D eigenvalue weighted by molar-refractivity contribution is 0.363. The number of ether oxygens (including phenoxy) is 1. The van der Waals surface area contributed by atoms with E-state index in [1.54, 1.807) is 6.08 Å². The molecule has 0 saturated heterocycles. The van der Waals surface area contributed by atoms with Crippen molar-refractivity contribution in [1.29, 1.82) is 0 Å². The van der Waals surface area contributed by atoms with E-state index >= 15 is 0 Å². The molecule has 0 aliphatic rings. The highest BCUT2D eigenvalue weighted by atomic mass is 35.5. The van der Waals surface area contributed by atoms with Crippen LogP contribution in [0.25, 0.3) is 0 Å². The first-order valence-corrected chi connectivity index (χ1v) is 5.94. The zero-order valence-corrected chi connectivity index (χ0v) is 11.3. The van der Waals surface area contributed by atoms with Crippen molar-refractivity contribution in [2.75, 3.05) is 6.61 Å². The number of benzene rings is 1. The Bertz CT molecular complexity index is 378. The van der Waals surface area contributed by atoms with E-state index in [0.717, 1.165) is 0 Å². The first-order chi connectivity index (χ1) is 7.45. The summed E-state index contributed by atoms with van der Waals surface area (Å²) < 4.78 is 5.44. The lowest BCUT2D eigenvalue weighted by atomic mass is 9.87. The van der Waals surface area contributed by atoms with Crippen LogP contribution in [0.1, 0.15) is 26.3 Å². The Morgan fingerprint density at radius 2 is 2.00 bits per heavy atom. The summed E-state index contributed by atoms with van der Waals surface area (Å²) in [5.41, 5.74) is 2.72. The van der Waals surface area contributed by atoms with Crippen molar-refractivity contribution < 1.29 is 4.74 Å². The van der Waals surface area contributed by atoms with Gasteiger partial charge >= 0.3 is 0 Å². The normalized spacial score (nSPS) is 12.1. The van der Waals surface area contributed by atoms with Crippen LogP contribution in [0.2, 0.25) is 5.02 Å². The Morgan fingerprint density at radius 1 is 1.31 bits per heavy atom. The molecular formula is C13H16Cl2O. The van der Waals surface area contributed by atoms with Gasteiger partial charge in [0.05, 0.1) is 5.02 Å². The summed E-state index contributed by atoms with van der Waals surface area (Å²) in [5, 5.41) is 0.635. The lowest BCUT2D eigenvalue weighted by Crippen LogP contribution is -2.10. The molecule has 1 aromatic rings. The van der Waals surface area contributed by atoms with Crippen molar-refractivity contribution in [3.8, 4) is 5.75 Å². The van der Waals surface area contributed by atoms with Gasteiger partial charge in [0.25, 0.3) is 0 Å². The smallest absolute Gasteiger partial charge is 0.138 e. The molecule has 0 aliphatic carbocycles. The molecule has 0 aromatic heterocycles. The third-order valence-electron chi connectivity index (χ3n) is 2.22. The van der Waals surface area contributed by atoms with Crippen LogP contribution in [0.15, 0.2) is 29.8 Å². The van der Waals surface area contributed by atoms with E-state index in [1.807, 2.05) is 18.2 Å². The summed E-state index contributed by atoms with van der Waals surface area (Å²) in [6.45, 7) is 6.87. The fourth-order valence-corrected chi connectivity index (χ4v) is 1.57. The zero-order chi connectivity index (χ0) is 12.2. The van der Waals surface area contributed by atoms with Gasteiger partial charge in [0, 0.05) is 5.54 Å². The standard InChI is InChI=1S/C13H16Cl2O/c1-13(2,3)10-5-6-12(11(15)9-10)16-8-4-7-14/h4-7,9H,8H2,1-3H3/b7-4+.